The van der Waals surface area contributed by atoms with Gasteiger partial charge in [0.2, 0.25) is 0 Å². The van der Waals surface area contributed by atoms with E-state index >= 15 is 0 Å². The van der Waals surface area contributed by atoms with Gasteiger partial charge in [0.1, 0.15) is 0 Å². The lowest BCUT2D eigenvalue weighted by molar-refractivity contribution is 0.0389. The molecule has 2 fully saturated rings. The Hall–Kier alpha value is -1.30. The van der Waals surface area contributed by atoms with Gasteiger partial charge in [-0.2, -0.15) is 0 Å². The number of morpholine rings is 1. The number of nitrogens with one attached hydrogen (secondary N) is 2. The van der Waals surface area contributed by atoms with E-state index in [9.17, 15) is 0 Å². The van der Waals surface area contributed by atoms with Crippen LogP contribution in [-0.2, 0) is 10.2 Å². The highest BCUT2D eigenvalue weighted by molar-refractivity contribution is 6.30. The Morgan fingerprint density at radius 2 is 2.08 bits per heavy atom. The summed E-state index contributed by atoms with van der Waals surface area (Å²) in [4.78, 5) is 6.75. The van der Waals surface area contributed by atoms with Crippen LogP contribution in [-0.4, -0.2) is 63.8 Å². The first-order chi connectivity index (χ1) is 11.7. The van der Waals surface area contributed by atoms with Gasteiger partial charge in [0.25, 0.3) is 0 Å². The molecule has 1 aliphatic heterocycles. The zero-order chi connectivity index (χ0) is 16.8. The van der Waals surface area contributed by atoms with Crippen molar-refractivity contribution in [2.45, 2.75) is 18.3 Å². The lowest BCUT2D eigenvalue weighted by atomic mass is 9.96. The van der Waals surface area contributed by atoms with Gasteiger partial charge in [-0.05, 0) is 30.5 Å². The van der Waals surface area contributed by atoms with Gasteiger partial charge < -0.3 is 15.4 Å². The van der Waals surface area contributed by atoms with Gasteiger partial charge in [0.15, 0.2) is 5.96 Å². The summed E-state index contributed by atoms with van der Waals surface area (Å²) in [5.74, 6) is 0.872. The summed E-state index contributed by atoms with van der Waals surface area (Å²) in [6.45, 7) is 6.53. The number of nitrogens with zero attached hydrogens (tertiary/aromatic N) is 2. The van der Waals surface area contributed by atoms with Crippen LogP contribution in [0.15, 0.2) is 29.3 Å². The van der Waals surface area contributed by atoms with Crippen LogP contribution >= 0.6 is 11.6 Å². The average Bonchev–Trinajstić information content (AvgIpc) is 3.40. The van der Waals surface area contributed by atoms with Crippen molar-refractivity contribution in [2.75, 3.05) is 53.0 Å². The number of guanidine groups is 1. The van der Waals surface area contributed by atoms with Crippen LogP contribution in [0.2, 0.25) is 5.02 Å². The fraction of sp³-hybridized carbons (Fsp3) is 0.611. The van der Waals surface area contributed by atoms with Crippen molar-refractivity contribution in [3.05, 3.63) is 34.9 Å². The van der Waals surface area contributed by atoms with Crippen LogP contribution in [0, 0.1) is 0 Å². The number of halogens is 1. The van der Waals surface area contributed by atoms with Crippen LogP contribution in [0.5, 0.6) is 0 Å². The summed E-state index contributed by atoms with van der Waals surface area (Å²) in [6.07, 6.45) is 2.40. The van der Waals surface area contributed by atoms with Gasteiger partial charge >= 0.3 is 0 Å². The molecule has 6 heteroatoms. The molecule has 1 aliphatic carbocycles. The van der Waals surface area contributed by atoms with E-state index in [1.165, 1.54) is 18.4 Å². The van der Waals surface area contributed by atoms with Crippen LogP contribution < -0.4 is 10.6 Å². The molecule has 3 rings (SSSR count). The van der Waals surface area contributed by atoms with E-state index in [1.54, 1.807) is 0 Å². The van der Waals surface area contributed by atoms with Crippen molar-refractivity contribution >= 4 is 17.6 Å². The van der Waals surface area contributed by atoms with E-state index in [1.807, 2.05) is 19.2 Å². The molecule has 0 aromatic heterocycles. The molecule has 0 unspecified atom stereocenters. The summed E-state index contributed by atoms with van der Waals surface area (Å²) >= 11 is 6.14. The number of ether oxygens (including phenoxy) is 1. The molecular weight excluding hydrogens is 324 g/mol. The molecule has 132 valence electrons. The minimum atomic E-state index is 0.215. The molecular formula is C18H27ClN4O. The second-order valence-corrected chi connectivity index (χ2v) is 7.03. The number of hydrogen-bond acceptors (Lipinski definition) is 3. The molecule has 0 radical (unpaired) electrons. The van der Waals surface area contributed by atoms with Crippen LogP contribution in [0.25, 0.3) is 0 Å². The maximum atomic E-state index is 6.14. The van der Waals surface area contributed by atoms with Crippen molar-refractivity contribution in [3.8, 4) is 0 Å². The third-order valence-corrected chi connectivity index (χ3v) is 5.17. The summed E-state index contributed by atoms with van der Waals surface area (Å²) in [7, 11) is 1.82. The Labute approximate surface area is 149 Å². The van der Waals surface area contributed by atoms with E-state index in [-0.39, 0.29) is 5.41 Å². The molecule has 0 bridgehead atoms. The summed E-state index contributed by atoms with van der Waals surface area (Å²) in [5.41, 5.74) is 1.54. The van der Waals surface area contributed by atoms with Gasteiger partial charge in [-0.15, -0.1) is 0 Å². The average molecular weight is 351 g/mol. The maximum Gasteiger partial charge on any atom is 0.191 e. The number of hydrogen-bond donors (Lipinski definition) is 2. The van der Waals surface area contributed by atoms with E-state index < -0.39 is 0 Å². The number of benzene rings is 1. The molecule has 2 N–H and O–H groups in total. The van der Waals surface area contributed by atoms with E-state index in [0.29, 0.717) is 0 Å². The second kappa shape index (κ2) is 8.19. The summed E-state index contributed by atoms with van der Waals surface area (Å²) in [6, 6.07) is 8.23. The highest BCUT2D eigenvalue weighted by Crippen LogP contribution is 2.48. The number of aliphatic imine (C=N–C) groups is 1. The molecule has 5 nitrogen and oxygen atoms in total. The maximum absolute atomic E-state index is 6.14. The van der Waals surface area contributed by atoms with Crippen molar-refractivity contribution in [2.24, 2.45) is 4.99 Å². The summed E-state index contributed by atoms with van der Waals surface area (Å²) < 4.78 is 5.37. The van der Waals surface area contributed by atoms with Gasteiger partial charge in [-0.1, -0.05) is 23.7 Å². The van der Waals surface area contributed by atoms with Gasteiger partial charge in [0.05, 0.1) is 13.2 Å². The largest absolute Gasteiger partial charge is 0.379 e. The third-order valence-electron chi connectivity index (χ3n) is 4.93. The number of rotatable bonds is 6. The minimum absolute atomic E-state index is 0.215. The quantitative estimate of drug-likeness (QED) is 0.607. The zero-order valence-electron chi connectivity index (χ0n) is 14.4. The molecule has 1 aromatic rings. The first kappa shape index (κ1) is 17.5. The van der Waals surface area contributed by atoms with E-state index in [2.05, 4.69) is 32.7 Å². The lowest BCUT2D eigenvalue weighted by Gasteiger charge is -2.27. The predicted molar refractivity (Wildman–Crippen MR) is 99.0 cm³/mol. The van der Waals surface area contributed by atoms with Crippen molar-refractivity contribution in [1.29, 1.82) is 0 Å². The zero-order valence-corrected chi connectivity index (χ0v) is 15.1. The minimum Gasteiger partial charge on any atom is -0.379 e. The SMILES string of the molecule is CN=C(NCCN1CCOCC1)NCC1(c2cccc(Cl)c2)CC1. The first-order valence-electron chi connectivity index (χ1n) is 8.72. The van der Waals surface area contributed by atoms with Crippen LogP contribution in [0.3, 0.4) is 0 Å². The summed E-state index contributed by atoms with van der Waals surface area (Å²) in [5, 5.41) is 7.70. The van der Waals surface area contributed by atoms with Gasteiger partial charge in [0, 0.05) is 50.2 Å². The lowest BCUT2D eigenvalue weighted by Crippen LogP contribution is -2.45. The molecule has 0 spiro atoms. The smallest absolute Gasteiger partial charge is 0.191 e. The van der Waals surface area contributed by atoms with E-state index in [0.717, 1.165) is 56.9 Å². The highest BCUT2D eigenvalue weighted by Gasteiger charge is 2.44. The highest BCUT2D eigenvalue weighted by atomic mass is 35.5. The molecule has 1 heterocycles. The predicted octanol–water partition coefficient (Wildman–Crippen LogP) is 1.87. The third kappa shape index (κ3) is 4.62. The topological polar surface area (TPSA) is 48.9 Å². The Balaban J connectivity index is 1.44. The first-order valence-corrected chi connectivity index (χ1v) is 9.10. The molecule has 1 saturated heterocycles. The van der Waals surface area contributed by atoms with Gasteiger partial charge in [-0.25, -0.2) is 0 Å². The molecule has 1 saturated carbocycles. The molecule has 1 aromatic carbocycles. The Kier molecular flexibility index (Phi) is 5.98. The fourth-order valence-corrected chi connectivity index (χ4v) is 3.36. The molecule has 0 amide bonds. The Bertz CT molecular complexity index is 568. The Morgan fingerprint density at radius 1 is 1.29 bits per heavy atom. The Morgan fingerprint density at radius 3 is 2.75 bits per heavy atom. The monoisotopic (exact) mass is 350 g/mol. The van der Waals surface area contributed by atoms with Crippen molar-refractivity contribution in [1.82, 2.24) is 15.5 Å². The normalized spacial score (nSPS) is 20.7. The fourth-order valence-electron chi connectivity index (χ4n) is 3.17. The van der Waals surface area contributed by atoms with Gasteiger partial charge in [-0.3, -0.25) is 9.89 Å². The van der Waals surface area contributed by atoms with Crippen molar-refractivity contribution in [3.63, 3.8) is 0 Å². The van der Waals surface area contributed by atoms with Crippen LogP contribution in [0.1, 0.15) is 18.4 Å². The van der Waals surface area contributed by atoms with Crippen LogP contribution in [0.4, 0.5) is 0 Å². The standard InChI is InChI=1S/C18H27ClN4O/c1-20-17(21-7-8-23-9-11-24-12-10-23)22-14-18(5-6-18)15-3-2-4-16(19)13-15/h2-4,13H,5-12,14H2,1H3,(H2,20,21,22). The molecule has 24 heavy (non-hydrogen) atoms. The van der Waals surface area contributed by atoms with Crippen molar-refractivity contribution < 1.29 is 4.74 Å². The second-order valence-electron chi connectivity index (χ2n) is 6.60. The molecule has 0 atom stereocenters. The van der Waals surface area contributed by atoms with E-state index in [4.69, 9.17) is 16.3 Å². The molecule has 2 aliphatic rings.